The van der Waals surface area contributed by atoms with Gasteiger partial charge in [0.05, 0.1) is 5.02 Å². The summed E-state index contributed by atoms with van der Waals surface area (Å²) in [6, 6.07) is 8.94. The van der Waals surface area contributed by atoms with E-state index in [-0.39, 0.29) is 5.91 Å². The van der Waals surface area contributed by atoms with Gasteiger partial charge in [0.15, 0.2) is 0 Å². The molecule has 0 saturated heterocycles. The van der Waals surface area contributed by atoms with Crippen LogP contribution in [-0.2, 0) is 0 Å². The van der Waals surface area contributed by atoms with Crippen LogP contribution in [0.2, 0.25) is 5.02 Å². The van der Waals surface area contributed by atoms with Crippen molar-refractivity contribution >= 4 is 51.5 Å². The summed E-state index contributed by atoms with van der Waals surface area (Å²) in [7, 11) is 0. The third kappa shape index (κ3) is 3.24. The third-order valence-electron chi connectivity index (χ3n) is 3.04. The predicted molar refractivity (Wildman–Crippen MR) is 92.5 cm³/mol. The van der Waals surface area contributed by atoms with Crippen LogP contribution in [0, 0.1) is 17.4 Å². The third-order valence-corrected chi connectivity index (χ3v) is 4.62. The van der Waals surface area contributed by atoms with Gasteiger partial charge < -0.3 is 11.1 Å². The second kappa shape index (κ2) is 6.01. The van der Waals surface area contributed by atoms with E-state index in [4.69, 9.17) is 17.3 Å². The summed E-state index contributed by atoms with van der Waals surface area (Å²) in [5.41, 5.74) is 9.74. The number of halogens is 2. The second-order valence-corrected chi connectivity index (χ2v) is 6.18. The van der Waals surface area contributed by atoms with Gasteiger partial charge in [-0.3, -0.25) is 4.79 Å². The van der Waals surface area contributed by atoms with Crippen molar-refractivity contribution in [1.29, 1.82) is 0 Å². The minimum absolute atomic E-state index is 0.199. The molecule has 0 heterocycles. The molecule has 3 nitrogen and oxygen atoms in total. The number of amides is 1. The molecule has 0 aliphatic carbocycles. The van der Waals surface area contributed by atoms with E-state index in [0.29, 0.717) is 22.0 Å². The van der Waals surface area contributed by atoms with Gasteiger partial charge in [-0.2, -0.15) is 0 Å². The van der Waals surface area contributed by atoms with Crippen LogP contribution < -0.4 is 11.1 Å². The first-order chi connectivity index (χ1) is 9.38. The molecule has 2 aromatic carbocycles. The van der Waals surface area contributed by atoms with E-state index >= 15 is 0 Å². The molecule has 0 aliphatic rings. The van der Waals surface area contributed by atoms with Crippen LogP contribution in [0.3, 0.4) is 0 Å². The lowest BCUT2D eigenvalue weighted by atomic mass is 10.1. The van der Waals surface area contributed by atoms with Crippen molar-refractivity contribution in [3.63, 3.8) is 0 Å². The van der Waals surface area contributed by atoms with Crippen LogP contribution in [0.25, 0.3) is 0 Å². The molecular formula is C15H14ClIN2O. The number of carbonyl (C=O) groups excluding carboxylic acids is 1. The zero-order chi connectivity index (χ0) is 14.9. The number of hydrogen-bond donors (Lipinski definition) is 2. The number of aryl methyl sites for hydroxylation is 2. The van der Waals surface area contributed by atoms with Crippen molar-refractivity contribution < 1.29 is 4.79 Å². The molecule has 0 aliphatic heterocycles. The molecule has 5 heteroatoms. The Hall–Kier alpha value is -1.27. The number of anilines is 2. The fourth-order valence-corrected chi connectivity index (χ4v) is 2.35. The first-order valence-electron chi connectivity index (χ1n) is 6.01. The van der Waals surface area contributed by atoms with Gasteiger partial charge in [0.2, 0.25) is 0 Å². The van der Waals surface area contributed by atoms with E-state index in [2.05, 4.69) is 27.9 Å². The standard InChI is InChI=1S/C15H14ClIN2O/c1-8-5-9(2)14(7-13(8)18)19-15(20)10-3-4-12(17)11(16)6-10/h3-7H,18H2,1-2H3,(H,19,20). The van der Waals surface area contributed by atoms with E-state index in [9.17, 15) is 4.79 Å². The molecule has 0 aromatic heterocycles. The predicted octanol–water partition coefficient (Wildman–Crippen LogP) is 4.40. The number of nitrogens with one attached hydrogen (secondary N) is 1. The van der Waals surface area contributed by atoms with Crippen LogP contribution in [0.5, 0.6) is 0 Å². The van der Waals surface area contributed by atoms with Crippen molar-refractivity contribution in [3.8, 4) is 0 Å². The summed E-state index contributed by atoms with van der Waals surface area (Å²) in [6.45, 7) is 3.87. The number of nitrogen functional groups attached to an aromatic ring is 1. The summed E-state index contributed by atoms with van der Waals surface area (Å²) < 4.78 is 0.913. The highest BCUT2D eigenvalue weighted by atomic mass is 127. The topological polar surface area (TPSA) is 55.1 Å². The van der Waals surface area contributed by atoms with Crippen molar-refractivity contribution in [2.45, 2.75) is 13.8 Å². The molecular weight excluding hydrogens is 387 g/mol. The van der Waals surface area contributed by atoms with Gasteiger partial charge in [0, 0.05) is 20.5 Å². The van der Waals surface area contributed by atoms with Crippen LogP contribution in [0.1, 0.15) is 21.5 Å². The minimum Gasteiger partial charge on any atom is -0.398 e. The first kappa shape index (κ1) is 15.1. The Labute approximate surface area is 136 Å². The van der Waals surface area contributed by atoms with E-state index < -0.39 is 0 Å². The largest absolute Gasteiger partial charge is 0.398 e. The summed E-state index contributed by atoms with van der Waals surface area (Å²) in [5, 5.41) is 3.43. The summed E-state index contributed by atoms with van der Waals surface area (Å²) in [5.74, 6) is -0.199. The van der Waals surface area contributed by atoms with Gasteiger partial charge in [-0.05, 0) is 71.8 Å². The van der Waals surface area contributed by atoms with Gasteiger partial charge in [-0.1, -0.05) is 17.7 Å². The molecule has 104 valence electrons. The van der Waals surface area contributed by atoms with Gasteiger partial charge in [-0.25, -0.2) is 0 Å². The fraction of sp³-hybridized carbons (Fsp3) is 0.133. The van der Waals surface area contributed by atoms with Gasteiger partial charge in [0.25, 0.3) is 5.91 Å². The van der Waals surface area contributed by atoms with Crippen molar-refractivity contribution in [2.24, 2.45) is 0 Å². The quantitative estimate of drug-likeness (QED) is 0.580. The molecule has 20 heavy (non-hydrogen) atoms. The number of nitrogens with two attached hydrogens (primary N) is 1. The van der Waals surface area contributed by atoms with Crippen molar-refractivity contribution in [1.82, 2.24) is 0 Å². The Kier molecular flexibility index (Phi) is 4.55. The van der Waals surface area contributed by atoms with Crippen LogP contribution in [0.15, 0.2) is 30.3 Å². The molecule has 2 aromatic rings. The maximum Gasteiger partial charge on any atom is 0.255 e. The highest BCUT2D eigenvalue weighted by Gasteiger charge is 2.10. The summed E-state index contributed by atoms with van der Waals surface area (Å²) >= 11 is 8.15. The van der Waals surface area contributed by atoms with Crippen LogP contribution >= 0.6 is 34.2 Å². The van der Waals surface area contributed by atoms with Gasteiger partial charge >= 0.3 is 0 Å². The average Bonchev–Trinajstić information content (AvgIpc) is 2.39. The SMILES string of the molecule is Cc1cc(C)c(NC(=O)c2ccc(I)c(Cl)c2)cc1N. The normalized spacial score (nSPS) is 10.4. The second-order valence-electron chi connectivity index (χ2n) is 4.61. The van der Waals surface area contributed by atoms with Gasteiger partial charge in [-0.15, -0.1) is 0 Å². The summed E-state index contributed by atoms with van der Waals surface area (Å²) in [6.07, 6.45) is 0. The maximum absolute atomic E-state index is 12.2. The highest BCUT2D eigenvalue weighted by Crippen LogP contribution is 2.24. The van der Waals surface area contributed by atoms with Crippen molar-refractivity contribution in [2.75, 3.05) is 11.1 Å². The molecule has 1 amide bonds. The smallest absolute Gasteiger partial charge is 0.255 e. The molecule has 0 unspecified atom stereocenters. The van der Waals surface area contributed by atoms with E-state index in [0.717, 1.165) is 14.7 Å². The Bertz CT molecular complexity index is 686. The number of carbonyl (C=O) groups is 1. The zero-order valence-corrected chi connectivity index (χ0v) is 14.0. The molecule has 0 spiro atoms. The average molecular weight is 401 g/mol. The number of rotatable bonds is 2. The van der Waals surface area contributed by atoms with E-state index in [1.807, 2.05) is 26.0 Å². The molecule has 0 saturated carbocycles. The Morgan fingerprint density at radius 3 is 2.55 bits per heavy atom. The molecule has 0 radical (unpaired) electrons. The first-order valence-corrected chi connectivity index (χ1v) is 7.47. The molecule has 2 rings (SSSR count). The monoisotopic (exact) mass is 400 g/mol. The Morgan fingerprint density at radius 1 is 1.20 bits per heavy atom. The molecule has 0 bridgehead atoms. The lowest BCUT2D eigenvalue weighted by molar-refractivity contribution is 0.102. The number of hydrogen-bond acceptors (Lipinski definition) is 2. The van der Waals surface area contributed by atoms with E-state index in [1.54, 1.807) is 18.2 Å². The van der Waals surface area contributed by atoms with Crippen LogP contribution in [0.4, 0.5) is 11.4 Å². The van der Waals surface area contributed by atoms with E-state index in [1.165, 1.54) is 0 Å². The molecule has 0 atom stereocenters. The molecule has 3 N–H and O–H groups in total. The van der Waals surface area contributed by atoms with Crippen LogP contribution in [-0.4, -0.2) is 5.91 Å². The van der Waals surface area contributed by atoms with Gasteiger partial charge in [0.1, 0.15) is 0 Å². The zero-order valence-electron chi connectivity index (χ0n) is 11.1. The molecule has 0 fully saturated rings. The summed E-state index contributed by atoms with van der Waals surface area (Å²) in [4.78, 5) is 12.2. The lowest BCUT2D eigenvalue weighted by Crippen LogP contribution is -2.13. The maximum atomic E-state index is 12.2. The number of benzene rings is 2. The van der Waals surface area contributed by atoms with Crippen molar-refractivity contribution in [3.05, 3.63) is 55.6 Å². The Morgan fingerprint density at radius 2 is 1.90 bits per heavy atom. The highest BCUT2D eigenvalue weighted by molar-refractivity contribution is 14.1. The fourth-order valence-electron chi connectivity index (χ4n) is 1.84. The minimum atomic E-state index is -0.199. The Balaban J connectivity index is 2.27. The lowest BCUT2D eigenvalue weighted by Gasteiger charge is -2.11.